The fourth-order valence-electron chi connectivity index (χ4n) is 3.33. The van der Waals surface area contributed by atoms with Crippen LogP contribution in [0.4, 0.5) is 4.39 Å². The molecule has 0 saturated carbocycles. The fraction of sp³-hybridized carbons (Fsp3) is 0.300. The van der Waals surface area contributed by atoms with Gasteiger partial charge < -0.3 is 34.5 Å². The number of nitrogens with zero attached hydrogens (tertiary/aromatic N) is 1. The van der Waals surface area contributed by atoms with Crippen LogP contribution >= 0.6 is 0 Å². The second kappa shape index (κ2) is 7.50. The molecule has 1 fully saturated rings. The van der Waals surface area contributed by atoms with Gasteiger partial charge in [0.15, 0.2) is 11.6 Å². The van der Waals surface area contributed by atoms with E-state index in [1.807, 2.05) is 41.1 Å². The molecular weight excluding hydrogens is 369 g/mol. The quantitative estimate of drug-likeness (QED) is 0.530. The Morgan fingerprint density at radius 2 is 1.79 bits per heavy atom. The van der Waals surface area contributed by atoms with E-state index in [0.29, 0.717) is 5.69 Å². The lowest BCUT2D eigenvalue weighted by Crippen LogP contribution is -2.60. The second-order valence-corrected chi connectivity index (χ2v) is 6.67. The largest absolute Gasteiger partial charge is 0.459 e. The minimum absolute atomic E-state index is 0.190. The molecule has 148 valence electrons. The molecule has 0 radical (unpaired) electrons. The smallest absolute Gasteiger partial charge is 0.229 e. The number of aliphatic hydroxyl groups excluding tert-OH is 4. The van der Waals surface area contributed by atoms with Crippen molar-refractivity contribution in [3.8, 4) is 11.4 Å². The standard InChI is InChI=1S/C20H20FNO6/c21-13-9-12(22-8-7-11-3-1-2-4-14(11)22)5-6-15(13)27-20-19(26)18(25)17(24)16(10-23)28-20/h1-9,16-20,23-26H,10H2/t16-,17-,18+,19+,20+/m1/s1. The van der Waals surface area contributed by atoms with Crippen LogP contribution in [0.25, 0.3) is 16.6 Å². The number of para-hydroxylation sites is 1. The van der Waals surface area contributed by atoms with Crippen molar-refractivity contribution in [1.82, 2.24) is 4.57 Å². The van der Waals surface area contributed by atoms with Gasteiger partial charge in [0, 0.05) is 18.0 Å². The van der Waals surface area contributed by atoms with E-state index >= 15 is 0 Å². The maximum atomic E-state index is 14.6. The Labute approximate surface area is 159 Å². The average Bonchev–Trinajstić information content (AvgIpc) is 3.14. The highest BCUT2D eigenvalue weighted by atomic mass is 19.1. The van der Waals surface area contributed by atoms with E-state index in [9.17, 15) is 24.8 Å². The topological polar surface area (TPSA) is 104 Å². The summed E-state index contributed by atoms with van der Waals surface area (Å²) in [5.41, 5.74) is 1.50. The third-order valence-corrected chi connectivity index (χ3v) is 4.88. The van der Waals surface area contributed by atoms with Gasteiger partial charge in [-0.3, -0.25) is 0 Å². The molecule has 28 heavy (non-hydrogen) atoms. The molecule has 0 amide bonds. The summed E-state index contributed by atoms with van der Waals surface area (Å²) < 4.78 is 27.1. The number of halogens is 1. The van der Waals surface area contributed by atoms with E-state index in [1.54, 1.807) is 6.07 Å². The van der Waals surface area contributed by atoms with E-state index in [2.05, 4.69) is 0 Å². The van der Waals surface area contributed by atoms with Crippen LogP contribution in [0.15, 0.2) is 54.7 Å². The number of aliphatic hydroxyl groups is 4. The summed E-state index contributed by atoms with van der Waals surface area (Å²) in [6, 6.07) is 13.9. The SMILES string of the molecule is OC[C@H]1O[C@H](Oc2ccc(-n3ccc4ccccc43)cc2F)[C@@H](O)[C@@H](O)[C@@H]1O. The Balaban J connectivity index is 1.58. The first-order valence-corrected chi connectivity index (χ1v) is 8.83. The van der Waals surface area contributed by atoms with Gasteiger partial charge in [-0.05, 0) is 29.7 Å². The van der Waals surface area contributed by atoms with Crippen LogP contribution in [0.2, 0.25) is 0 Å². The molecule has 1 aliphatic heterocycles. The van der Waals surface area contributed by atoms with E-state index in [0.717, 1.165) is 10.9 Å². The summed E-state index contributed by atoms with van der Waals surface area (Å²) >= 11 is 0. The number of fused-ring (bicyclic) bond motifs is 1. The van der Waals surface area contributed by atoms with Gasteiger partial charge in [-0.2, -0.15) is 0 Å². The van der Waals surface area contributed by atoms with Crippen molar-refractivity contribution in [3.63, 3.8) is 0 Å². The van der Waals surface area contributed by atoms with Crippen LogP contribution in [-0.4, -0.2) is 62.3 Å². The predicted octanol–water partition coefficient (Wildman–Crippen LogP) is 0.948. The maximum Gasteiger partial charge on any atom is 0.229 e. The molecule has 1 saturated heterocycles. The lowest BCUT2D eigenvalue weighted by molar-refractivity contribution is -0.277. The normalized spacial score (nSPS) is 27.8. The lowest BCUT2D eigenvalue weighted by atomic mass is 9.99. The van der Waals surface area contributed by atoms with Gasteiger partial charge in [-0.1, -0.05) is 18.2 Å². The van der Waals surface area contributed by atoms with E-state index < -0.39 is 43.1 Å². The number of benzene rings is 2. The molecular formula is C20H20FNO6. The predicted molar refractivity (Wildman–Crippen MR) is 97.6 cm³/mol. The number of ether oxygens (including phenoxy) is 2. The van der Waals surface area contributed by atoms with Crippen LogP contribution in [0.5, 0.6) is 5.75 Å². The van der Waals surface area contributed by atoms with E-state index in [-0.39, 0.29) is 5.75 Å². The molecule has 2 heterocycles. The third-order valence-electron chi connectivity index (χ3n) is 4.88. The maximum absolute atomic E-state index is 14.6. The van der Waals surface area contributed by atoms with E-state index in [1.165, 1.54) is 12.1 Å². The fourth-order valence-corrected chi connectivity index (χ4v) is 3.33. The van der Waals surface area contributed by atoms with Gasteiger partial charge in [0.25, 0.3) is 0 Å². The summed E-state index contributed by atoms with van der Waals surface area (Å²) in [6.45, 7) is -0.590. The van der Waals surface area contributed by atoms with E-state index in [4.69, 9.17) is 9.47 Å². The zero-order valence-corrected chi connectivity index (χ0v) is 14.7. The summed E-state index contributed by atoms with van der Waals surface area (Å²) in [7, 11) is 0. The molecule has 0 spiro atoms. The average molecular weight is 389 g/mol. The first kappa shape index (κ1) is 18.9. The molecule has 5 atom stereocenters. The number of hydrogen-bond acceptors (Lipinski definition) is 6. The lowest BCUT2D eigenvalue weighted by Gasteiger charge is -2.39. The Morgan fingerprint density at radius 1 is 1.00 bits per heavy atom. The molecule has 1 aromatic heterocycles. The zero-order chi connectivity index (χ0) is 19.8. The minimum atomic E-state index is -1.61. The third kappa shape index (κ3) is 3.25. The first-order chi connectivity index (χ1) is 13.5. The van der Waals surface area contributed by atoms with Crippen molar-refractivity contribution in [1.29, 1.82) is 0 Å². The van der Waals surface area contributed by atoms with Gasteiger partial charge in [-0.25, -0.2) is 4.39 Å². The number of rotatable bonds is 4. The summed E-state index contributed by atoms with van der Waals surface area (Å²) in [5, 5.41) is 39.9. The summed E-state index contributed by atoms with van der Waals surface area (Å²) in [6.07, 6.45) is -5.44. The van der Waals surface area contributed by atoms with Gasteiger partial charge in [-0.15, -0.1) is 0 Å². The van der Waals surface area contributed by atoms with Crippen LogP contribution in [0.3, 0.4) is 0 Å². The van der Waals surface area contributed by atoms with Crippen molar-refractivity contribution in [2.45, 2.75) is 30.7 Å². The summed E-state index contributed by atoms with van der Waals surface area (Å²) in [5.74, 6) is -0.878. The minimum Gasteiger partial charge on any atom is -0.459 e. The van der Waals surface area contributed by atoms with Crippen LogP contribution in [0, 0.1) is 5.82 Å². The molecule has 0 aliphatic carbocycles. The molecule has 8 heteroatoms. The molecule has 7 nitrogen and oxygen atoms in total. The molecule has 1 aliphatic rings. The molecule has 0 bridgehead atoms. The summed E-state index contributed by atoms with van der Waals surface area (Å²) in [4.78, 5) is 0. The number of aromatic nitrogens is 1. The highest BCUT2D eigenvalue weighted by Crippen LogP contribution is 2.28. The van der Waals surface area contributed by atoms with Crippen LogP contribution < -0.4 is 4.74 Å². The van der Waals surface area contributed by atoms with Crippen molar-refractivity contribution >= 4 is 10.9 Å². The van der Waals surface area contributed by atoms with Gasteiger partial charge >= 0.3 is 0 Å². The van der Waals surface area contributed by atoms with Crippen molar-refractivity contribution in [3.05, 3.63) is 60.5 Å². The monoisotopic (exact) mass is 389 g/mol. The first-order valence-electron chi connectivity index (χ1n) is 8.83. The molecule has 2 aromatic carbocycles. The molecule has 0 unspecified atom stereocenters. The highest BCUT2D eigenvalue weighted by Gasteiger charge is 2.44. The number of hydrogen-bond donors (Lipinski definition) is 4. The second-order valence-electron chi connectivity index (χ2n) is 6.67. The van der Waals surface area contributed by atoms with Crippen molar-refractivity contribution in [2.24, 2.45) is 0 Å². The molecule has 3 aromatic rings. The van der Waals surface area contributed by atoms with Crippen molar-refractivity contribution in [2.75, 3.05) is 6.61 Å². The Morgan fingerprint density at radius 3 is 2.54 bits per heavy atom. The van der Waals surface area contributed by atoms with Crippen LogP contribution in [0.1, 0.15) is 0 Å². The zero-order valence-electron chi connectivity index (χ0n) is 14.7. The van der Waals surface area contributed by atoms with Gasteiger partial charge in [0.05, 0.1) is 12.1 Å². The Kier molecular flexibility index (Phi) is 5.05. The van der Waals surface area contributed by atoms with Crippen molar-refractivity contribution < 1.29 is 34.3 Å². The Hall–Kier alpha value is -2.49. The van der Waals surface area contributed by atoms with Gasteiger partial charge in [0.1, 0.15) is 24.4 Å². The molecule has 4 rings (SSSR count). The van der Waals surface area contributed by atoms with Crippen LogP contribution in [-0.2, 0) is 4.74 Å². The van der Waals surface area contributed by atoms with Gasteiger partial charge in [0.2, 0.25) is 6.29 Å². The molecule has 4 N–H and O–H groups in total. The Bertz CT molecular complexity index is 974. The highest BCUT2D eigenvalue weighted by molar-refractivity contribution is 5.81.